The zero-order valence-corrected chi connectivity index (χ0v) is 9.69. The lowest BCUT2D eigenvalue weighted by molar-refractivity contribution is -0.173. The number of nitrogens with zero attached hydrogens (tertiary/aromatic N) is 2. The summed E-state index contributed by atoms with van der Waals surface area (Å²) in [4.78, 5) is 14.7. The molecule has 0 aliphatic carbocycles. The minimum absolute atomic E-state index is 0.291. The molecular formula is C12H10F3N3O. The van der Waals surface area contributed by atoms with Gasteiger partial charge in [0.1, 0.15) is 5.82 Å². The monoisotopic (exact) mass is 269 g/mol. The molecule has 0 saturated carbocycles. The van der Waals surface area contributed by atoms with Gasteiger partial charge in [0.05, 0.1) is 6.54 Å². The average Bonchev–Trinajstić information content (AvgIpc) is 2.84. The van der Waals surface area contributed by atoms with Gasteiger partial charge in [0.25, 0.3) is 0 Å². The third kappa shape index (κ3) is 3.12. The summed E-state index contributed by atoms with van der Waals surface area (Å²) < 4.78 is 37.8. The highest BCUT2D eigenvalue weighted by atomic mass is 19.4. The molecule has 19 heavy (non-hydrogen) atoms. The van der Waals surface area contributed by atoms with Crippen molar-refractivity contribution in [2.45, 2.75) is 12.7 Å². The summed E-state index contributed by atoms with van der Waals surface area (Å²) in [6, 6.07) is 9.00. The number of carbonyl (C=O) groups is 1. The number of amides is 1. The van der Waals surface area contributed by atoms with Crippen molar-refractivity contribution in [1.29, 1.82) is 0 Å². The molecule has 4 nitrogen and oxygen atoms in total. The molecule has 0 spiro atoms. The maximum Gasteiger partial charge on any atom is 0.471 e. The van der Waals surface area contributed by atoms with Gasteiger partial charge in [-0.1, -0.05) is 18.2 Å². The molecule has 2 rings (SSSR count). The topological polar surface area (TPSA) is 46.9 Å². The van der Waals surface area contributed by atoms with Crippen LogP contribution in [0.3, 0.4) is 0 Å². The van der Waals surface area contributed by atoms with E-state index in [4.69, 9.17) is 0 Å². The van der Waals surface area contributed by atoms with Crippen LogP contribution < -0.4 is 5.32 Å². The number of rotatable bonds is 3. The quantitative estimate of drug-likeness (QED) is 0.927. The summed E-state index contributed by atoms with van der Waals surface area (Å²) in [5, 5.41) is 1.79. The molecule has 1 N–H and O–H groups in total. The van der Waals surface area contributed by atoms with Crippen molar-refractivity contribution in [2.24, 2.45) is 0 Å². The van der Waals surface area contributed by atoms with E-state index in [9.17, 15) is 18.0 Å². The Hall–Kier alpha value is -2.31. The highest BCUT2D eigenvalue weighted by Gasteiger charge is 2.38. The van der Waals surface area contributed by atoms with Crippen LogP contribution in [0.2, 0.25) is 0 Å². The highest BCUT2D eigenvalue weighted by Crippen LogP contribution is 2.15. The number of halogens is 3. The maximum absolute atomic E-state index is 12.1. The summed E-state index contributed by atoms with van der Waals surface area (Å²) in [7, 11) is 0. The molecule has 1 heterocycles. The zero-order chi connectivity index (χ0) is 13.9. The Morgan fingerprint density at radius 2 is 1.95 bits per heavy atom. The molecule has 0 atom stereocenters. The first kappa shape index (κ1) is 13.1. The molecule has 0 aliphatic rings. The van der Waals surface area contributed by atoms with Gasteiger partial charge in [0.15, 0.2) is 0 Å². The Balaban J connectivity index is 2.11. The molecule has 1 aromatic carbocycles. The van der Waals surface area contributed by atoms with Crippen LogP contribution in [-0.2, 0) is 11.3 Å². The van der Waals surface area contributed by atoms with E-state index in [2.05, 4.69) is 4.98 Å². The molecule has 0 aliphatic heterocycles. The van der Waals surface area contributed by atoms with E-state index < -0.39 is 12.1 Å². The second-order valence-corrected chi connectivity index (χ2v) is 3.73. The van der Waals surface area contributed by atoms with Crippen molar-refractivity contribution in [1.82, 2.24) is 14.9 Å². The predicted octanol–water partition coefficient (Wildman–Crippen LogP) is 2.05. The first-order valence-corrected chi connectivity index (χ1v) is 5.41. The standard InChI is InChI=1S/C12H10F3N3O/c13-12(14,15)11(19)17-8-10-16-6-7-18(10)9-4-2-1-3-5-9/h1-7H,8H2,(H,17,19). The number of carbonyl (C=O) groups excluding carboxylic acids is 1. The Morgan fingerprint density at radius 1 is 1.26 bits per heavy atom. The smallest absolute Gasteiger partial charge is 0.341 e. The van der Waals surface area contributed by atoms with Gasteiger partial charge in [0.2, 0.25) is 0 Å². The average molecular weight is 269 g/mol. The van der Waals surface area contributed by atoms with Crippen LogP contribution >= 0.6 is 0 Å². The third-order valence-electron chi connectivity index (χ3n) is 2.42. The van der Waals surface area contributed by atoms with Crippen LogP contribution in [-0.4, -0.2) is 21.6 Å². The Morgan fingerprint density at radius 3 is 2.58 bits per heavy atom. The number of benzene rings is 1. The van der Waals surface area contributed by atoms with Crippen LogP contribution in [0.1, 0.15) is 5.82 Å². The Labute approximate surface area is 106 Å². The predicted molar refractivity (Wildman–Crippen MR) is 61.5 cm³/mol. The molecule has 0 bridgehead atoms. The van der Waals surface area contributed by atoms with Crippen LogP contribution in [0.15, 0.2) is 42.7 Å². The van der Waals surface area contributed by atoms with Crippen LogP contribution in [0, 0.1) is 0 Å². The van der Waals surface area contributed by atoms with Gasteiger partial charge in [0, 0.05) is 18.1 Å². The molecule has 0 fully saturated rings. The van der Waals surface area contributed by atoms with Gasteiger partial charge in [-0.25, -0.2) is 4.98 Å². The minimum Gasteiger partial charge on any atom is -0.341 e. The number of alkyl halides is 3. The van der Waals surface area contributed by atoms with E-state index in [1.807, 2.05) is 6.07 Å². The molecule has 2 aromatic rings. The molecule has 1 aromatic heterocycles. The second-order valence-electron chi connectivity index (χ2n) is 3.73. The highest BCUT2D eigenvalue weighted by molar-refractivity contribution is 5.81. The molecule has 1 amide bonds. The molecule has 100 valence electrons. The Kier molecular flexibility index (Phi) is 3.55. The number of hydrogen-bond acceptors (Lipinski definition) is 2. The van der Waals surface area contributed by atoms with Crippen LogP contribution in [0.25, 0.3) is 5.69 Å². The summed E-state index contributed by atoms with van der Waals surface area (Å²) in [6.45, 7) is -0.291. The maximum atomic E-state index is 12.1. The summed E-state index contributed by atoms with van der Waals surface area (Å²) in [5.74, 6) is -1.65. The lowest BCUT2D eigenvalue weighted by Gasteiger charge is -2.10. The van der Waals surface area contributed by atoms with E-state index >= 15 is 0 Å². The lowest BCUT2D eigenvalue weighted by atomic mass is 10.3. The van der Waals surface area contributed by atoms with Gasteiger partial charge in [-0.3, -0.25) is 4.79 Å². The van der Waals surface area contributed by atoms with Crippen molar-refractivity contribution in [3.05, 3.63) is 48.5 Å². The van der Waals surface area contributed by atoms with Gasteiger partial charge in [-0.15, -0.1) is 0 Å². The molecular weight excluding hydrogens is 259 g/mol. The van der Waals surface area contributed by atoms with Crippen molar-refractivity contribution in [3.8, 4) is 5.69 Å². The minimum atomic E-state index is -4.88. The van der Waals surface area contributed by atoms with E-state index in [0.717, 1.165) is 5.69 Å². The first-order valence-electron chi connectivity index (χ1n) is 5.41. The molecule has 7 heteroatoms. The number of aromatic nitrogens is 2. The van der Waals surface area contributed by atoms with Crippen LogP contribution in [0.4, 0.5) is 13.2 Å². The van der Waals surface area contributed by atoms with Gasteiger partial charge in [-0.2, -0.15) is 13.2 Å². The normalized spacial score (nSPS) is 11.3. The summed E-state index contributed by atoms with van der Waals surface area (Å²) >= 11 is 0. The molecule has 0 unspecified atom stereocenters. The van der Waals surface area contributed by atoms with Crippen molar-refractivity contribution in [3.63, 3.8) is 0 Å². The fourth-order valence-electron chi connectivity index (χ4n) is 1.55. The van der Waals surface area contributed by atoms with Crippen molar-refractivity contribution >= 4 is 5.91 Å². The summed E-state index contributed by atoms with van der Waals surface area (Å²) in [5.41, 5.74) is 0.760. The van der Waals surface area contributed by atoms with E-state index in [1.165, 1.54) is 6.20 Å². The van der Waals surface area contributed by atoms with E-state index in [1.54, 1.807) is 40.3 Å². The second kappa shape index (κ2) is 5.13. The number of imidazole rings is 1. The van der Waals surface area contributed by atoms with Crippen molar-refractivity contribution < 1.29 is 18.0 Å². The third-order valence-corrected chi connectivity index (χ3v) is 2.42. The fourth-order valence-corrected chi connectivity index (χ4v) is 1.55. The number of nitrogens with one attached hydrogen (secondary N) is 1. The van der Waals surface area contributed by atoms with E-state index in [0.29, 0.717) is 5.82 Å². The van der Waals surface area contributed by atoms with Crippen LogP contribution in [0.5, 0.6) is 0 Å². The lowest BCUT2D eigenvalue weighted by Crippen LogP contribution is -2.36. The number of hydrogen-bond donors (Lipinski definition) is 1. The molecule has 0 saturated heterocycles. The Bertz CT molecular complexity index is 563. The largest absolute Gasteiger partial charge is 0.471 e. The van der Waals surface area contributed by atoms with Gasteiger partial charge >= 0.3 is 12.1 Å². The first-order chi connectivity index (χ1) is 8.98. The number of para-hydroxylation sites is 1. The SMILES string of the molecule is O=C(NCc1nccn1-c1ccccc1)C(F)(F)F. The molecule has 0 radical (unpaired) electrons. The fraction of sp³-hybridized carbons (Fsp3) is 0.167. The zero-order valence-electron chi connectivity index (χ0n) is 9.69. The van der Waals surface area contributed by atoms with Crippen molar-refractivity contribution in [2.75, 3.05) is 0 Å². The van der Waals surface area contributed by atoms with Gasteiger partial charge in [-0.05, 0) is 12.1 Å². The van der Waals surface area contributed by atoms with Gasteiger partial charge < -0.3 is 9.88 Å². The summed E-state index contributed by atoms with van der Waals surface area (Å²) in [6.07, 6.45) is -1.81. The van der Waals surface area contributed by atoms with E-state index in [-0.39, 0.29) is 6.54 Å².